The highest BCUT2D eigenvalue weighted by Gasteiger charge is 2.21. The van der Waals surface area contributed by atoms with Crippen molar-refractivity contribution in [2.24, 2.45) is 18.7 Å². The van der Waals surface area contributed by atoms with Crippen LogP contribution in [0.4, 0.5) is 5.69 Å². The van der Waals surface area contributed by atoms with Crippen LogP contribution < -0.4 is 5.73 Å². The summed E-state index contributed by atoms with van der Waals surface area (Å²) in [5.74, 6) is 0.204. The molecule has 1 heterocycles. The minimum absolute atomic E-state index is 0. The molecule has 1 amide bonds. The standard InChI is InChI=1S/C18H25N5O3.ClH/c1-12(2)16(19)9-10-21(3)18(24)15-11-22(4)20-17(15)13-5-7-14(8-6-13)23(25)26;/h5-8,11-12,16H,9-10,19H2,1-4H3;1H. The van der Waals surface area contributed by atoms with Gasteiger partial charge in [-0.25, -0.2) is 0 Å². The SMILES string of the molecule is CC(C)C(N)CCN(C)C(=O)c1cn(C)nc1-c1ccc([N+](=O)[O-])cc1.Cl. The Morgan fingerprint density at radius 3 is 2.44 bits per heavy atom. The lowest BCUT2D eigenvalue weighted by molar-refractivity contribution is -0.384. The van der Waals surface area contributed by atoms with Crippen molar-refractivity contribution < 1.29 is 9.72 Å². The smallest absolute Gasteiger partial charge is 0.269 e. The number of nitro groups is 1. The van der Waals surface area contributed by atoms with E-state index in [1.54, 1.807) is 42.0 Å². The molecule has 148 valence electrons. The van der Waals surface area contributed by atoms with Crippen LogP contribution in [-0.4, -0.2) is 45.1 Å². The van der Waals surface area contributed by atoms with Gasteiger partial charge in [-0.2, -0.15) is 5.10 Å². The molecule has 0 fully saturated rings. The lowest BCUT2D eigenvalue weighted by Gasteiger charge is -2.21. The quantitative estimate of drug-likeness (QED) is 0.572. The van der Waals surface area contributed by atoms with E-state index in [9.17, 15) is 14.9 Å². The zero-order valence-corrected chi connectivity index (χ0v) is 16.8. The van der Waals surface area contributed by atoms with Crippen LogP contribution in [0.2, 0.25) is 0 Å². The summed E-state index contributed by atoms with van der Waals surface area (Å²) in [7, 11) is 3.47. The third-order valence-electron chi connectivity index (χ3n) is 4.41. The van der Waals surface area contributed by atoms with E-state index in [0.29, 0.717) is 35.7 Å². The molecule has 2 N–H and O–H groups in total. The number of aromatic nitrogens is 2. The van der Waals surface area contributed by atoms with Crippen molar-refractivity contribution in [3.8, 4) is 11.3 Å². The molecule has 8 nitrogen and oxygen atoms in total. The topological polar surface area (TPSA) is 107 Å². The molecule has 0 aliphatic heterocycles. The van der Waals surface area contributed by atoms with Gasteiger partial charge < -0.3 is 10.6 Å². The first kappa shape index (κ1) is 22.6. The van der Waals surface area contributed by atoms with Crippen molar-refractivity contribution in [3.63, 3.8) is 0 Å². The van der Waals surface area contributed by atoms with Gasteiger partial charge in [-0.3, -0.25) is 19.6 Å². The van der Waals surface area contributed by atoms with Gasteiger partial charge in [-0.1, -0.05) is 13.8 Å². The Hall–Kier alpha value is -2.45. The summed E-state index contributed by atoms with van der Waals surface area (Å²) in [6.07, 6.45) is 2.38. The predicted molar refractivity (Wildman–Crippen MR) is 107 cm³/mol. The Labute approximate surface area is 164 Å². The van der Waals surface area contributed by atoms with Crippen molar-refractivity contribution in [1.29, 1.82) is 0 Å². The van der Waals surface area contributed by atoms with Gasteiger partial charge in [0.1, 0.15) is 5.69 Å². The molecule has 27 heavy (non-hydrogen) atoms. The number of hydrogen-bond donors (Lipinski definition) is 1. The fourth-order valence-corrected chi connectivity index (χ4v) is 2.58. The number of nitrogens with zero attached hydrogens (tertiary/aromatic N) is 4. The molecule has 1 atom stereocenters. The van der Waals surface area contributed by atoms with Gasteiger partial charge in [0, 0.05) is 50.6 Å². The van der Waals surface area contributed by atoms with E-state index in [1.807, 2.05) is 0 Å². The molecule has 1 unspecified atom stereocenters. The molecule has 9 heteroatoms. The van der Waals surface area contributed by atoms with Crippen molar-refractivity contribution in [2.45, 2.75) is 26.3 Å². The Kier molecular flexibility index (Phi) is 7.93. The van der Waals surface area contributed by atoms with Gasteiger partial charge in [0.05, 0.1) is 10.5 Å². The third-order valence-corrected chi connectivity index (χ3v) is 4.41. The summed E-state index contributed by atoms with van der Waals surface area (Å²) in [6, 6.07) is 6.05. The number of rotatable bonds is 7. The second kappa shape index (κ2) is 9.48. The third kappa shape index (κ3) is 5.51. The van der Waals surface area contributed by atoms with Crippen LogP contribution in [0.25, 0.3) is 11.3 Å². The van der Waals surface area contributed by atoms with E-state index in [1.165, 1.54) is 12.1 Å². The zero-order chi connectivity index (χ0) is 19.4. The number of carbonyl (C=O) groups is 1. The number of nitro benzene ring substituents is 1. The molecule has 0 aliphatic carbocycles. The predicted octanol–water partition coefficient (Wildman–Crippen LogP) is 2.86. The fourth-order valence-electron chi connectivity index (χ4n) is 2.58. The number of benzene rings is 1. The Morgan fingerprint density at radius 2 is 1.93 bits per heavy atom. The number of amides is 1. The van der Waals surface area contributed by atoms with Gasteiger partial charge in [0.15, 0.2) is 0 Å². The van der Waals surface area contributed by atoms with Crippen LogP contribution in [-0.2, 0) is 7.05 Å². The van der Waals surface area contributed by atoms with Gasteiger partial charge in [0.25, 0.3) is 11.6 Å². The van der Waals surface area contributed by atoms with Gasteiger partial charge >= 0.3 is 0 Å². The maximum atomic E-state index is 12.8. The van der Waals surface area contributed by atoms with Crippen LogP contribution in [0.15, 0.2) is 30.5 Å². The molecule has 2 rings (SSSR count). The number of halogens is 1. The largest absolute Gasteiger partial charge is 0.342 e. The summed E-state index contributed by atoms with van der Waals surface area (Å²) in [5.41, 5.74) is 7.68. The van der Waals surface area contributed by atoms with E-state index in [0.717, 1.165) is 0 Å². The van der Waals surface area contributed by atoms with E-state index in [4.69, 9.17) is 5.73 Å². The maximum absolute atomic E-state index is 12.8. The summed E-state index contributed by atoms with van der Waals surface area (Å²) in [6.45, 7) is 4.66. The molecule has 1 aromatic carbocycles. The Morgan fingerprint density at radius 1 is 1.33 bits per heavy atom. The number of nitrogens with two attached hydrogens (primary N) is 1. The summed E-state index contributed by atoms with van der Waals surface area (Å²) < 4.78 is 1.57. The van der Waals surface area contributed by atoms with Crippen molar-refractivity contribution in [2.75, 3.05) is 13.6 Å². The number of carbonyl (C=O) groups excluding carboxylic acids is 1. The van der Waals surface area contributed by atoms with Crippen molar-refractivity contribution >= 4 is 24.0 Å². The fraction of sp³-hybridized carbons (Fsp3) is 0.444. The Bertz CT molecular complexity index is 789. The van der Waals surface area contributed by atoms with Crippen LogP contribution >= 0.6 is 12.4 Å². The lowest BCUT2D eigenvalue weighted by atomic mass is 10.0. The molecule has 1 aromatic heterocycles. The molecule has 0 bridgehead atoms. The first-order valence-corrected chi connectivity index (χ1v) is 8.50. The van der Waals surface area contributed by atoms with E-state index >= 15 is 0 Å². The second-order valence-corrected chi connectivity index (χ2v) is 6.79. The van der Waals surface area contributed by atoms with Crippen molar-refractivity contribution in [1.82, 2.24) is 14.7 Å². The van der Waals surface area contributed by atoms with Gasteiger partial charge in [-0.15, -0.1) is 12.4 Å². The zero-order valence-electron chi connectivity index (χ0n) is 16.0. The highest BCUT2D eigenvalue weighted by molar-refractivity contribution is 5.99. The molecular weight excluding hydrogens is 370 g/mol. The number of aryl methyl sites for hydroxylation is 1. The average Bonchev–Trinajstić information content (AvgIpc) is 3.00. The minimum Gasteiger partial charge on any atom is -0.342 e. The highest BCUT2D eigenvalue weighted by atomic mass is 35.5. The molecule has 0 radical (unpaired) electrons. The molecule has 0 aliphatic rings. The normalized spacial score (nSPS) is 11.8. The summed E-state index contributed by atoms with van der Waals surface area (Å²) in [4.78, 5) is 24.8. The molecule has 0 spiro atoms. The molecular formula is C18H26ClN5O3. The van der Waals surface area contributed by atoms with Crippen molar-refractivity contribution in [3.05, 3.63) is 46.1 Å². The molecule has 0 saturated carbocycles. The Balaban J connectivity index is 0.00000364. The second-order valence-electron chi connectivity index (χ2n) is 6.79. The summed E-state index contributed by atoms with van der Waals surface area (Å²) >= 11 is 0. The minimum atomic E-state index is -0.458. The number of hydrogen-bond acceptors (Lipinski definition) is 5. The molecule has 0 saturated heterocycles. The number of non-ortho nitro benzene ring substituents is 1. The lowest BCUT2D eigenvalue weighted by Crippen LogP contribution is -2.34. The maximum Gasteiger partial charge on any atom is 0.269 e. The van der Waals surface area contributed by atoms with Gasteiger partial charge in [0.2, 0.25) is 0 Å². The first-order valence-electron chi connectivity index (χ1n) is 8.50. The summed E-state index contributed by atoms with van der Waals surface area (Å²) in [5, 5.41) is 15.2. The van der Waals surface area contributed by atoms with E-state index < -0.39 is 4.92 Å². The monoisotopic (exact) mass is 395 g/mol. The van der Waals surface area contributed by atoms with Crippen LogP contribution in [0.3, 0.4) is 0 Å². The average molecular weight is 396 g/mol. The van der Waals surface area contributed by atoms with Crippen LogP contribution in [0.1, 0.15) is 30.6 Å². The van der Waals surface area contributed by atoms with E-state index in [-0.39, 0.29) is 30.0 Å². The van der Waals surface area contributed by atoms with Crippen LogP contribution in [0, 0.1) is 16.0 Å². The highest BCUT2D eigenvalue weighted by Crippen LogP contribution is 2.25. The van der Waals surface area contributed by atoms with Crippen LogP contribution in [0.5, 0.6) is 0 Å². The van der Waals surface area contributed by atoms with Gasteiger partial charge in [-0.05, 0) is 24.5 Å². The first-order chi connectivity index (χ1) is 12.2. The van der Waals surface area contributed by atoms with E-state index in [2.05, 4.69) is 18.9 Å². The molecule has 2 aromatic rings.